The SMILES string of the molecule is COCCSCSc1ncc(C#N)c2c1CCC2. The molecular formula is C13H16N2OS2. The van der Waals surface area contributed by atoms with Gasteiger partial charge in [0, 0.05) is 24.1 Å². The Bertz CT molecular complexity index is 457. The number of methoxy groups -OCH3 is 1. The van der Waals surface area contributed by atoms with Crippen LogP contribution in [0.1, 0.15) is 23.1 Å². The quantitative estimate of drug-likeness (QED) is 0.455. The van der Waals surface area contributed by atoms with Gasteiger partial charge < -0.3 is 4.74 Å². The van der Waals surface area contributed by atoms with E-state index in [1.807, 2.05) is 11.8 Å². The summed E-state index contributed by atoms with van der Waals surface area (Å²) in [5.41, 5.74) is 3.31. The monoisotopic (exact) mass is 280 g/mol. The maximum atomic E-state index is 9.05. The number of nitriles is 1. The number of thioether (sulfide) groups is 2. The van der Waals surface area contributed by atoms with Crippen LogP contribution in [0.15, 0.2) is 11.2 Å². The molecule has 0 radical (unpaired) electrons. The first-order chi connectivity index (χ1) is 8.86. The Labute approximate surface area is 116 Å². The van der Waals surface area contributed by atoms with E-state index in [0.717, 1.165) is 47.3 Å². The first kappa shape index (κ1) is 13.7. The van der Waals surface area contributed by atoms with Crippen molar-refractivity contribution in [1.82, 2.24) is 4.98 Å². The molecule has 1 heterocycles. The zero-order chi connectivity index (χ0) is 12.8. The molecule has 1 aromatic heterocycles. The van der Waals surface area contributed by atoms with Crippen molar-refractivity contribution in [3.63, 3.8) is 0 Å². The van der Waals surface area contributed by atoms with Crippen molar-refractivity contribution in [2.24, 2.45) is 0 Å². The maximum absolute atomic E-state index is 9.05. The van der Waals surface area contributed by atoms with Crippen LogP contribution in [0.3, 0.4) is 0 Å². The Balaban J connectivity index is 1.98. The van der Waals surface area contributed by atoms with Gasteiger partial charge >= 0.3 is 0 Å². The first-order valence-electron chi connectivity index (χ1n) is 5.97. The Morgan fingerprint density at radius 3 is 3.06 bits per heavy atom. The van der Waals surface area contributed by atoms with Gasteiger partial charge in [-0.15, -0.1) is 11.8 Å². The van der Waals surface area contributed by atoms with Gasteiger partial charge in [-0.2, -0.15) is 5.26 Å². The molecule has 18 heavy (non-hydrogen) atoms. The first-order valence-corrected chi connectivity index (χ1v) is 8.11. The minimum Gasteiger partial charge on any atom is -0.384 e. The van der Waals surface area contributed by atoms with Crippen molar-refractivity contribution in [2.75, 3.05) is 24.6 Å². The van der Waals surface area contributed by atoms with E-state index in [0.29, 0.717) is 0 Å². The highest BCUT2D eigenvalue weighted by Gasteiger charge is 2.19. The molecule has 3 nitrogen and oxygen atoms in total. The van der Waals surface area contributed by atoms with Crippen molar-refractivity contribution in [2.45, 2.75) is 24.3 Å². The molecule has 5 heteroatoms. The Morgan fingerprint density at radius 1 is 1.44 bits per heavy atom. The number of hydrogen-bond donors (Lipinski definition) is 0. The fraction of sp³-hybridized carbons (Fsp3) is 0.538. The summed E-state index contributed by atoms with van der Waals surface area (Å²) in [5, 5.41) is 11.2. The van der Waals surface area contributed by atoms with Gasteiger partial charge in [0.1, 0.15) is 11.1 Å². The second-order valence-corrected chi connectivity index (χ2v) is 6.50. The maximum Gasteiger partial charge on any atom is 0.101 e. The van der Waals surface area contributed by atoms with E-state index in [4.69, 9.17) is 10.00 Å². The molecular weight excluding hydrogens is 264 g/mol. The second kappa shape index (κ2) is 7.03. The largest absolute Gasteiger partial charge is 0.384 e. The van der Waals surface area contributed by atoms with Crippen molar-refractivity contribution in [3.8, 4) is 6.07 Å². The van der Waals surface area contributed by atoms with E-state index in [1.54, 1.807) is 25.1 Å². The van der Waals surface area contributed by atoms with Crippen LogP contribution in [0.5, 0.6) is 0 Å². The summed E-state index contributed by atoms with van der Waals surface area (Å²) in [5.74, 6) is 1.02. The number of rotatable bonds is 6. The summed E-state index contributed by atoms with van der Waals surface area (Å²) in [6.07, 6.45) is 4.99. The summed E-state index contributed by atoms with van der Waals surface area (Å²) in [7, 11) is 1.72. The highest BCUT2D eigenvalue weighted by Crippen LogP contribution is 2.33. The van der Waals surface area contributed by atoms with Crippen LogP contribution in [0.25, 0.3) is 0 Å². The lowest BCUT2D eigenvalue weighted by molar-refractivity contribution is 0.219. The van der Waals surface area contributed by atoms with Crippen molar-refractivity contribution < 1.29 is 4.74 Å². The molecule has 96 valence electrons. The lowest BCUT2D eigenvalue weighted by Crippen LogP contribution is -1.96. The molecule has 0 saturated heterocycles. The lowest BCUT2D eigenvalue weighted by atomic mass is 10.1. The molecule has 0 fully saturated rings. The van der Waals surface area contributed by atoms with Crippen LogP contribution < -0.4 is 0 Å². The average molecular weight is 280 g/mol. The van der Waals surface area contributed by atoms with Gasteiger partial charge in [-0.1, -0.05) is 11.8 Å². The minimum absolute atomic E-state index is 0.763. The Morgan fingerprint density at radius 2 is 2.28 bits per heavy atom. The topological polar surface area (TPSA) is 45.9 Å². The number of hydrogen-bond acceptors (Lipinski definition) is 5. The average Bonchev–Trinajstić information content (AvgIpc) is 2.88. The van der Waals surface area contributed by atoms with E-state index in [2.05, 4.69) is 11.1 Å². The standard InChI is InChI=1S/C13H16N2OS2/c1-16-5-6-17-9-18-13-12-4-2-3-11(12)10(7-14)8-15-13/h8H,2-6,9H2,1H3. The Hall–Kier alpha value is -0.700. The van der Waals surface area contributed by atoms with E-state index in [-0.39, 0.29) is 0 Å². The molecule has 0 unspecified atom stereocenters. The summed E-state index contributed by atoms with van der Waals surface area (Å²) in [6.45, 7) is 0.796. The number of pyridine rings is 1. The molecule has 1 aliphatic carbocycles. The van der Waals surface area contributed by atoms with E-state index < -0.39 is 0 Å². The smallest absolute Gasteiger partial charge is 0.101 e. The molecule has 1 aliphatic rings. The third-order valence-corrected chi connectivity index (χ3v) is 5.16. The molecule has 0 aromatic carbocycles. The number of fused-ring (bicyclic) bond motifs is 1. The fourth-order valence-corrected chi connectivity index (χ4v) is 4.14. The van der Waals surface area contributed by atoms with Crippen molar-refractivity contribution in [3.05, 3.63) is 22.9 Å². The highest BCUT2D eigenvalue weighted by atomic mass is 32.2. The molecule has 1 aromatic rings. The number of aromatic nitrogens is 1. The molecule has 0 N–H and O–H groups in total. The van der Waals surface area contributed by atoms with Gasteiger partial charge in [-0.05, 0) is 30.4 Å². The molecule has 0 atom stereocenters. The van der Waals surface area contributed by atoms with E-state index >= 15 is 0 Å². The summed E-state index contributed by atoms with van der Waals surface area (Å²) < 4.78 is 5.02. The normalized spacial score (nSPS) is 13.3. The van der Waals surface area contributed by atoms with Gasteiger partial charge in [0.15, 0.2) is 0 Å². The Kier molecular flexibility index (Phi) is 5.36. The van der Waals surface area contributed by atoms with Crippen LogP contribution in [-0.4, -0.2) is 29.5 Å². The summed E-state index contributed by atoms with van der Waals surface area (Å²) in [6, 6.07) is 2.25. The molecule has 0 aliphatic heterocycles. The predicted molar refractivity (Wildman–Crippen MR) is 76.0 cm³/mol. The van der Waals surface area contributed by atoms with Gasteiger partial charge in [-0.25, -0.2) is 4.98 Å². The molecule has 0 spiro atoms. The van der Waals surface area contributed by atoms with Crippen molar-refractivity contribution >= 4 is 23.5 Å². The summed E-state index contributed by atoms with van der Waals surface area (Å²) in [4.78, 5) is 4.43. The van der Waals surface area contributed by atoms with Crippen molar-refractivity contribution in [1.29, 1.82) is 5.26 Å². The second-order valence-electron chi connectivity index (χ2n) is 4.06. The molecule has 2 rings (SSSR count). The van der Waals surface area contributed by atoms with Crippen LogP contribution in [-0.2, 0) is 17.6 Å². The van der Waals surface area contributed by atoms with Crippen LogP contribution in [0, 0.1) is 11.3 Å². The fourth-order valence-electron chi connectivity index (χ4n) is 2.08. The zero-order valence-electron chi connectivity index (χ0n) is 10.4. The lowest BCUT2D eigenvalue weighted by Gasteiger charge is -2.08. The number of nitrogens with zero attached hydrogens (tertiary/aromatic N) is 2. The van der Waals surface area contributed by atoms with E-state index in [1.165, 1.54) is 11.1 Å². The highest BCUT2D eigenvalue weighted by molar-refractivity contribution is 8.16. The molecule has 0 amide bonds. The van der Waals surface area contributed by atoms with Crippen LogP contribution >= 0.6 is 23.5 Å². The summed E-state index contributed by atoms with van der Waals surface area (Å²) >= 11 is 3.64. The van der Waals surface area contributed by atoms with Gasteiger partial charge in [0.2, 0.25) is 0 Å². The third-order valence-electron chi connectivity index (χ3n) is 2.94. The van der Waals surface area contributed by atoms with E-state index in [9.17, 15) is 0 Å². The minimum atomic E-state index is 0.763. The zero-order valence-corrected chi connectivity index (χ0v) is 12.1. The van der Waals surface area contributed by atoms with Gasteiger partial charge in [-0.3, -0.25) is 0 Å². The van der Waals surface area contributed by atoms with Crippen LogP contribution in [0.2, 0.25) is 0 Å². The van der Waals surface area contributed by atoms with Gasteiger partial charge in [0.25, 0.3) is 0 Å². The predicted octanol–water partition coefficient (Wildman–Crippen LogP) is 2.87. The van der Waals surface area contributed by atoms with Crippen LogP contribution in [0.4, 0.5) is 0 Å². The molecule has 0 bridgehead atoms. The van der Waals surface area contributed by atoms with Gasteiger partial charge in [0.05, 0.1) is 12.2 Å². The number of ether oxygens (including phenoxy) is 1. The molecule has 0 saturated carbocycles. The third kappa shape index (κ3) is 3.19.